The van der Waals surface area contributed by atoms with Crippen LogP contribution in [0.15, 0.2) is 48.5 Å². The number of likely N-dealkylation sites (tertiary alicyclic amines) is 1. The Morgan fingerprint density at radius 2 is 1.63 bits per heavy atom. The number of anilines is 1. The maximum Gasteiger partial charge on any atom is 0.325 e. The van der Waals surface area contributed by atoms with Gasteiger partial charge in [-0.25, -0.2) is 4.98 Å². The number of rotatable bonds is 16. The summed E-state index contributed by atoms with van der Waals surface area (Å²) < 4.78 is 29.6. The van der Waals surface area contributed by atoms with Gasteiger partial charge in [-0.2, -0.15) is 4.39 Å². The number of esters is 1. The zero-order valence-corrected chi connectivity index (χ0v) is 32.8. The Hall–Kier alpha value is -4.10. The molecule has 6 atom stereocenters. The van der Waals surface area contributed by atoms with Gasteiger partial charge in [-0.15, -0.1) is 0 Å². The van der Waals surface area contributed by atoms with Gasteiger partial charge in [0.25, 0.3) is 0 Å². The SMILES string of the molecule is CCC.CCC(C)C(C(CC(=O)N1CCCC1C(OC)C(C)C(=O)NCC(=O)OC)OC)N(C)C(=O)CNc1cccc(F)n1.Cc1ccccc1. The summed E-state index contributed by atoms with van der Waals surface area (Å²) in [6, 6.07) is 13.8. The van der Waals surface area contributed by atoms with Crippen LogP contribution in [-0.4, -0.2) is 111 Å². The van der Waals surface area contributed by atoms with Crippen molar-refractivity contribution in [1.82, 2.24) is 20.1 Å². The second-order valence-electron chi connectivity index (χ2n) is 13.0. The second-order valence-corrected chi connectivity index (χ2v) is 13.0. The highest BCUT2D eigenvalue weighted by Crippen LogP contribution is 2.29. The van der Waals surface area contributed by atoms with Gasteiger partial charge in [0.05, 0.1) is 50.3 Å². The average Bonchev–Trinajstić information content (AvgIpc) is 3.63. The van der Waals surface area contributed by atoms with Crippen LogP contribution in [0.3, 0.4) is 0 Å². The van der Waals surface area contributed by atoms with Gasteiger partial charge in [0.2, 0.25) is 23.7 Å². The summed E-state index contributed by atoms with van der Waals surface area (Å²) in [4.78, 5) is 58.1. The van der Waals surface area contributed by atoms with Crippen LogP contribution >= 0.6 is 0 Å². The number of aryl methyl sites for hydroxylation is 1. The number of benzene rings is 1. The molecular formula is C39H62FN5O7. The van der Waals surface area contributed by atoms with Crippen LogP contribution in [-0.2, 0) is 33.4 Å². The zero-order chi connectivity index (χ0) is 39.2. The molecule has 2 aromatic rings. The Labute approximate surface area is 310 Å². The third-order valence-corrected chi connectivity index (χ3v) is 9.02. The lowest BCUT2D eigenvalue weighted by Gasteiger charge is -2.39. The fourth-order valence-electron chi connectivity index (χ4n) is 6.05. The molecule has 0 saturated carbocycles. The summed E-state index contributed by atoms with van der Waals surface area (Å²) in [7, 11) is 5.94. The maximum atomic E-state index is 13.7. The minimum Gasteiger partial charge on any atom is -0.468 e. The van der Waals surface area contributed by atoms with E-state index in [9.17, 15) is 23.6 Å². The third-order valence-electron chi connectivity index (χ3n) is 9.02. The Morgan fingerprint density at radius 3 is 2.15 bits per heavy atom. The van der Waals surface area contributed by atoms with Crippen molar-refractivity contribution in [2.24, 2.45) is 11.8 Å². The number of aromatic nitrogens is 1. The highest BCUT2D eigenvalue weighted by atomic mass is 19.1. The molecule has 1 saturated heterocycles. The van der Waals surface area contributed by atoms with E-state index in [0.717, 1.165) is 12.8 Å². The van der Waals surface area contributed by atoms with Gasteiger partial charge >= 0.3 is 5.97 Å². The van der Waals surface area contributed by atoms with Crippen LogP contribution in [0.4, 0.5) is 10.2 Å². The molecule has 0 aliphatic carbocycles. The molecule has 1 fully saturated rings. The van der Waals surface area contributed by atoms with Crippen molar-refractivity contribution in [3.05, 3.63) is 60.0 Å². The predicted molar refractivity (Wildman–Crippen MR) is 201 cm³/mol. The van der Waals surface area contributed by atoms with Gasteiger partial charge in [0.15, 0.2) is 0 Å². The van der Waals surface area contributed by atoms with Gasteiger partial charge < -0.3 is 34.6 Å². The summed E-state index contributed by atoms with van der Waals surface area (Å²) in [6.45, 7) is 12.2. The molecule has 2 heterocycles. The van der Waals surface area contributed by atoms with Crippen molar-refractivity contribution in [2.45, 2.75) is 97.9 Å². The van der Waals surface area contributed by atoms with Crippen molar-refractivity contribution < 1.29 is 37.8 Å². The Bertz CT molecular complexity index is 1350. The molecule has 3 amide bonds. The first-order valence-corrected chi connectivity index (χ1v) is 18.1. The fourth-order valence-corrected chi connectivity index (χ4v) is 6.05. The van der Waals surface area contributed by atoms with Gasteiger partial charge in [-0.05, 0) is 37.8 Å². The number of carbonyl (C=O) groups is 4. The summed E-state index contributed by atoms with van der Waals surface area (Å²) in [5, 5.41) is 5.41. The number of methoxy groups -OCH3 is 3. The van der Waals surface area contributed by atoms with Gasteiger partial charge in [-0.3, -0.25) is 19.2 Å². The molecular weight excluding hydrogens is 669 g/mol. The van der Waals surface area contributed by atoms with E-state index >= 15 is 0 Å². The molecule has 2 N–H and O–H groups in total. The molecule has 1 aliphatic heterocycles. The third kappa shape index (κ3) is 15.2. The lowest BCUT2D eigenvalue weighted by atomic mass is 9.90. The Morgan fingerprint density at radius 1 is 0.981 bits per heavy atom. The highest BCUT2D eigenvalue weighted by molar-refractivity contribution is 5.84. The number of nitrogens with one attached hydrogen (secondary N) is 2. The topological polar surface area (TPSA) is 139 Å². The Kier molecular flexibility index (Phi) is 22.1. The minimum absolute atomic E-state index is 0.00335. The summed E-state index contributed by atoms with van der Waals surface area (Å²) in [6.07, 6.45) is 2.23. The number of pyridine rings is 1. The molecule has 0 radical (unpaired) electrons. The second kappa shape index (κ2) is 25.0. The largest absolute Gasteiger partial charge is 0.468 e. The van der Waals surface area contributed by atoms with E-state index in [1.165, 1.54) is 45.4 Å². The van der Waals surface area contributed by atoms with Crippen LogP contribution in [0.2, 0.25) is 0 Å². The highest BCUT2D eigenvalue weighted by Gasteiger charge is 2.42. The Balaban J connectivity index is 0.00000117. The number of carbonyl (C=O) groups excluding carboxylic acids is 4. The molecule has 1 aromatic carbocycles. The minimum atomic E-state index is -0.650. The molecule has 0 spiro atoms. The molecule has 52 heavy (non-hydrogen) atoms. The van der Waals surface area contributed by atoms with Crippen molar-refractivity contribution in [2.75, 3.05) is 53.3 Å². The zero-order valence-electron chi connectivity index (χ0n) is 32.8. The van der Waals surface area contributed by atoms with Crippen LogP contribution < -0.4 is 10.6 Å². The number of nitrogens with zero attached hydrogens (tertiary/aromatic N) is 3. The van der Waals surface area contributed by atoms with Crippen molar-refractivity contribution in [3.63, 3.8) is 0 Å². The number of halogens is 1. The van der Waals surface area contributed by atoms with E-state index in [-0.39, 0.29) is 55.0 Å². The molecule has 0 bridgehead atoms. The summed E-state index contributed by atoms with van der Waals surface area (Å²) >= 11 is 0. The number of hydrogen-bond acceptors (Lipinski definition) is 9. The molecule has 1 aliphatic rings. The first-order chi connectivity index (χ1) is 24.8. The first-order valence-electron chi connectivity index (χ1n) is 18.1. The van der Waals surface area contributed by atoms with E-state index in [4.69, 9.17) is 9.47 Å². The molecule has 6 unspecified atom stereocenters. The maximum absolute atomic E-state index is 13.7. The predicted octanol–water partition coefficient (Wildman–Crippen LogP) is 5.25. The monoisotopic (exact) mass is 731 g/mol. The van der Waals surface area contributed by atoms with E-state index in [1.807, 2.05) is 32.0 Å². The van der Waals surface area contributed by atoms with Crippen LogP contribution in [0.5, 0.6) is 0 Å². The lowest BCUT2D eigenvalue weighted by Crippen LogP contribution is -2.54. The van der Waals surface area contributed by atoms with E-state index < -0.39 is 36.1 Å². The average molecular weight is 732 g/mol. The van der Waals surface area contributed by atoms with Crippen molar-refractivity contribution in [3.8, 4) is 0 Å². The molecule has 1 aromatic heterocycles. The number of likely N-dealkylation sites (N-methyl/N-ethyl adjacent to an activating group) is 1. The summed E-state index contributed by atoms with van der Waals surface area (Å²) in [5.74, 6) is -2.39. The molecule has 3 rings (SSSR count). The quantitative estimate of drug-likeness (QED) is 0.175. The number of ether oxygens (including phenoxy) is 3. The smallest absolute Gasteiger partial charge is 0.325 e. The van der Waals surface area contributed by atoms with Crippen LogP contribution in [0, 0.1) is 24.7 Å². The van der Waals surface area contributed by atoms with Crippen molar-refractivity contribution in [1.29, 1.82) is 0 Å². The normalized spacial score (nSPS) is 16.4. The van der Waals surface area contributed by atoms with E-state index in [2.05, 4.69) is 53.3 Å². The fraction of sp³-hybridized carbons (Fsp3) is 0.615. The van der Waals surface area contributed by atoms with E-state index in [0.29, 0.717) is 13.0 Å². The van der Waals surface area contributed by atoms with E-state index in [1.54, 1.807) is 29.8 Å². The number of hydrogen-bond donors (Lipinski definition) is 2. The first kappa shape index (κ1) is 45.9. The molecule has 13 heteroatoms. The van der Waals surface area contributed by atoms with Crippen LogP contribution in [0.1, 0.15) is 72.3 Å². The molecule has 292 valence electrons. The lowest BCUT2D eigenvalue weighted by molar-refractivity contribution is -0.146. The molecule has 12 nitrogen and oxygen atoms in total. The van der Waals surface area contributed by atoms with Crippen LogP contribution in [0.25, 0.3) is 0 Å². The van der Waals surface area contributed by atoms with Gasteiger partial charge in [-0.1, -0.05) is 89.4 Å². The summed E-state index contributed by atoms with van der Waals surface area (Å²) in [5.41, 5.74) is 1.32. The van der Waals surface area contributed by atoms with Gasteiger partial charge in [0.1, 0.15) is 12.4 Å². The van der Waals surface area contributed by atoms with Gasteiger partial charge in [0, 0.05) is 27.8 Å². The van der Waals surface area contributed by atoms with Crippen molar-refractivity contribution >= 4 is 29.5 Å². The standard InChI is InChI=1S/C29H46FN5O7.C7H8.C3H8/c1-8-18(2)27(34(4)25(37)16-31-23-13-9-12-22(30)33-23)21(40-5)15-24(36)35-14-10-11-20(35)28(42-7)19(3)29(39)32-17-26(38)41-6;1-7-5-3-2-4-6-7;1-3-2/h9,12-13,18-21,27-28H,8,10-11,14-17H2,1-7H3,(H,31,33)(H,32,39);2-6H,1H3;3H2,1-2H3. The number of amides is 3.